The van der Waals surface area contributed by atoms with Crippen LogP contribution in [0.1, 0.15) is 46.1 Å². The second-order valence-corrected chi connectivity index (χ2v) is 6.44. The molecule has 0 aliphatic heterocycles. The Balaban J connectivity index is 2.45. The van der Waals surface area contributed by atoms with Gasteiger partial charge in [-0.2, -0.15) is 0 Å². The van der Waals surface area contributed by atoms with Gasteiger partial charge in [0.15, 0.2) is 5.96 Å². The van der Waals surface area contributed by atoms with Crippen LogP contribution in [0.4, 0.5) is 10.5 Å². The SMILES string of the molecule is CCC(CC)CNC(=NC)NCc1ccc(NC(=O)NC(C)C)cc1. The molecule has 4 N–H and O–H groups in total. The zero-order chi connectivity index (χ0) is 18.7. The van der Waals surface area contributed by atoms with Crippen molar-refractivity contribution >= 4 is 17.7 Å². The van der Waals surface area contributed by atoms with Gasteiger partial charge in [-0.25, -0.2) is 4.79 Å². The number of nitrogens with zero attached hydrogens (tertiary/aromatic N) is 1. The largest absolute Gasteiger partial charge is 0.356 e. The van der Waals surface area contributed by atoms with Crippen molar-refractivity contribution in [3.05, 3.63) is 29.8 Å². The Labute approximate surface area is 151 Å². The van der Waals surface area contributed by atoms with Crippen molar-refractivity contribution in [3.8, 4) is 0 Å². The normalized spacial score (nSPS) is 11.6. The number of hydrogen-bond donors (Lipinski definition) is 4. The highest BCUT2D eigenvalue weighted by Gasteiger charge is 2.06. The third kappa shape index (κ3) is 8.42. The van der Waals surface area contributed by atoms with E-state index >= 15 is 0 Å². The minimum atomic E-state index is -0.188. The maximum atomic E-state index is 11.7. The van der Waals surface area contributed by atoms with Crippen molar-refractivity contribution in [1.29, 1.82) is 0 Å². The van der Waals surface area contributed by atoms with Crippen molar-refractivity contribution in [2.45, 2.75) is 53.1 Å². The van der Waals surface area contributed by atoms with Gasteiger partial charge in [-0.15, -0.1) is 0 Å². The number of aliphatic imine (C=N–C) groups is 1. The molecule has 0 radical (unpaired) electrons. The van der Waals surface area contributed by atoms with Crippen molar-refractivity contribution in [2.75, 3.05) is 18.9 Å². The molecule has 2 amide bonds. The molecule has 0 aliphatic rings. The second kappa shape index (κ2) is 11.3. The fourth-order valence-corrected chi connectivity index (χ4v) is 2.36. The molecule has 1 aromatic carbocycles. The molecule has 0 unspecified atom stereocenters. The van der Waals surface area contributed by atoms with E-state index in [0.29, 0.717) is 12.5 Å². The number of hydrogen-bond acceptors (Lipinski definition) is 2. The molecule has 1 rings (SSSR count). The third-order valence-electron chi connectivity index (χ3n) is 4.03. The van der Waals surface area contributed by atoms with Gasteiger partial charge in [0.25, 0.3) is 0 Å². The Morgan fingerprint density at radius 2 is 1.72 bits per heavy atom. The van der Waals surface area contributed by atoms with Gasteiger partial charge in [0.2, 0.25) is 0 Å². The molecule has 6 nitrogen and oxygen atoms in total. The van der Waals surface area contributed by atoms with Gasteiger partial charge >= 0.3 is 6.03 Å². The van der Waals surface area contributed by atoms with Crippen LogP contribution in [-0.2, 0) is 6.54 Å². The summed E-state index contributed by atoms with van der Waals surface area (Å²) in [4.78, 5) is 15.9. The highest BCUT2D eigenvalue weighted by molar-refractivity contribution is 5.89. The average Bonchev–Trinajstić information content (AvgIpc) is 2.59. The van der Waals surface area contributed by atoms with Gasteiger partial charge in [-0.05, 0) is 37.5 Å². The number of carbonyl (C=O) groups is 1. The standard InChI is InChI=1S/C19H33N5O/c1-6-15(7-2)12-21-18(20-5)22-13-16-8-10-17(11-9-16)24-19(25)23-14(3)4/h8-11,14-15H,6-7,12-13H2,1-5H3,(H2,20,21,22)(H2,23,24,25). The Kier molecular flexibility index (Phi) is 9.43. The predicted molar refractivity (Wildman–Crippen MR) is 106 cm³/mol. The number of rotatable bonds is 8. The fraction of sp³-hybridized carbons (Fsp3) is 0.579. The van der Waals surface area contributed by atoms with Gasteiger partial charge in [-0.3, -0.25) is 4.99 Å². The highest BCUT2D eigenvalue weighted by atomic mass is 16.2. The van der Waals surface area contributed by atoms with Crippen molar-refractivity contribution < 1.29 is 4.79 Å². The number of amides is 2. The zero-order valence-electron chi connectivity index (χ0n) is 16.1. The molecule has 25 heavy (non-hydrogen) atoms. The molecule has 0 saturated carbocycles. The molecule has 0 aromatic heterocycles. The van der Waals surface area contributed by atoms with Crippen molar-refractivity contribution in [1.82, 2.24) is 16.0 Å². The first-order valence-corrected chi connectivity index (χ1v) is 9.09. The van der Waals surface area contributed by atoms with Gasteiger partial charge in [0.05, 0.1) is 0 Å². The van der Waals surface area contributed by atoms with E-state index < -0.39 is 0 Å². The summed E-state index contributed by atoms with van der Waals surface area (Å²) >= 11 is 0. The van der Waals surface area contributed by atoms with Crippen LogP contribution in [0, 0.1) is 5.92 Å². The molecule has 6 heteroatoms. The molecular formula is C19H33N5O. The molecule has 0 fully saturated rings. The molecule has 140 valence electrons. The molecule has 0 bridgehead atoms. The first kappa shape index (κ1) is 20.8. The van der Waals surface area contributed by atoms with Gasteiger partial charge in [0.1, 0.15) is 0 Å². The van der Waals surface area contributed by atoms with Crippen LogP contribution in [0.25, 0.3) is 0 Å². The zero-order valence-corrected chi connectivity index (χ0v) is 16.1. The number of guanidine groups is 1. The fourth-order valence-electron chi connectivity index (χ4n) is 2.36. The lowest BCUT2D eigenvalue weighted by Crippen LogP contribution is -2.39. The lowest BCUT2D eigenvalue weighted by atomic mass is 10.0. The maximum Gasteiger partial charge on any atom is 0.319 e. The van der Waals surface area contributed by atoms with Crippen LogP contribution in [0.15, 0.2) is 29.3 Å². The summed E-state index contributed by atoms with van der Waals surface area (Å²) in [5.41, 5.74) is 1.90. The van der Waals surface area contributed by atoms with Crippen molar-refractivity contribution in [2.24, 2.45) is 10.9 Å². The average molecular weight is 348 g/mol. The van der Waals surface area contributed by atoms with E-state index in [1.807, 2.05) is 38.1 Å². The molecule has 0 spiro atoms. The van der Waals surface area contributed by atoms with Gasteiger partial charge in [-0.1, -0.05) is 38.8 Å². The molecule has 0 heterocycles. The molecule has 0 aliphatic carbocycles. The Morgan fingerprint density at radius 1 is 1.08 bits per heavy atom. The number of carbonyl (C=O) groups excluding carboxylic acids is 1. The van der Waals surface area contributed by atoms with Crippen molar-refractivity contribution in [3.63, 3.8) is 0 Å². The summed E-state index contributed by atoms with van der Waals surface area (Å²) in [6.45, 7) is 9.89. The summed E-state index contributed by atoms with van der Waals surface area (Å²) in [5, 5.41) is 12.3. The minimum absolute atomic E-state index is 0.114. The first-order chi connectivity index (χ1) is 12.0. The molecule has 0 atom stereocenters. The van der Waals surface area contributed by atoms with Crippen LogP contribution < -0.4 is 21.3 Å². The Bertz CT molecular complexity index is 535. The van der Waals surface area contributed by atoms with E-state index in [-0.39, 0.29) is 12.1 Å². The summed E-state index contributed by atoms with van der Waals surface area (Å²) < 4.78 is 0. The summed E-state index contributed by atoms with van der Waals surface area (Å²) in [6, 6.07) is 7.71. The highest BCUT2D eigenvalue weighted by Crippen LogP contribution is 2.09. The second-order valence-electron chi connectivity index (χ2n) is 6.44. The monoisotopic (exact) mass is 347 g/mol. The van der Waals surface area contributed by atoms with Crippen LogP contribution >= 0.6 is 0 Å². The van der Waals surface area contributed by atoms with Crippen LogP contribution in [-0.4, -0.2) is 31.6 Å². The van der Waals surface area contributed by atoms with E-state index in [4.69, 9.17) is 0 Å². The minimum Gasteiger partial charge on any atom is -0.356 e. The predicted octanol–water partition coefficient (Wildman–Crippen LogP) is 3.32. The quantitative estimate of drug-likeness (QED) is 0.430. The smallest absolute Gasteiger partial charge is 0.319 e. The summed E-state index contributed by atoms with van der Waals surface area (Å²) in [5.74, 6) is 1.48. The van der Waals surface area contributed by atoms with Crippen LogP contribution in [0.2, 0.25) is 0 Å². The van der Waals surface area contributed by atoms with E-state index in [1.165, 1.54) is 12.8 Å². The van der Waals surface area contributed by atoms with E-state index in [2.05, 4.69) is 40.1 Å². The van der Waals surface area contributed by atoms with E-state index in [9.17, 15) is 4.79 Å². The first-order valence-electron chi connectivity index (χ1n) is 9.09. The molecule has 0 saturated heterocycles. The number of urea groups is 1. The van der Waals surface area contributed by atoms with Crippen LogP contribution in [0.3, 0.4) is 0 Å². The maximum absolute atomic E-state index is 11.7. The summed E-state index contributed by atoms with van der Waals surface area (Å²) in [6.07, 6.45) is 2.33. The Morgan fingerprint density at radius 3 is 2.24 bits per heavy atom. The molecular weight excluding hydrogens is 314 g/mol. The lowest BCUT2D eigenvalue weighted by Gasteiger charge is -2.17. The van der Waals surface area contributed by atoms with Crippen LogP contribution in [0.5, 0.6) is 0 Å². The van der Waals surface area contributed by atoms with E-state index in [1.54, 1.807) is 7.05 Å². The number of nitrogens with one attached hydrogen (secondary N) is 4. The van der Waals surface area contributed by atoms with Gasteiger partial charge < -0.3 is 21.3 Å². The summed E-state index contributed by atoms with van der Waals surface area (Å²) in [7, 11) is 1.78. The lowest BCUT2D eigenvalue weighted by molar-refractivity contribution is 0.250. The third-order valence-corrected chi connectivity index (χ3v) is 4.03. The van der Waals surface area contributed by atoms with E-state index in [0.717, 1.165) is 23.8 Å². The molecule has 1 aromatic rings. The number of benzene rings is 1. The van der Waals surface area contributed by atoms with Gasteiger partial charge in [0, 0.05) is 31.9 Å². The topological polar surface area (TPSA) is 77.6 Å². The number of anilines is 1. The Hall–Kier alpha value is -2.24.